The number of thioether (sulfide) groups is 1. The fourth-order valence-electron chi connectivity index (χ4n) is 1.86. The average molecular weight is 320 g/mol. The lowest BCUT2D eigenvalue weighted by atomic mass is 10.2. The van der Waals surface area contributed by atoms with Crippen molar-refractivity contribution < 1.29 is 9.59 Å². The molecule has 0 radical (unpaired) electrons. The van der Waals surface area contributed by atoms with Gasteiger partial charge in [-0.05, 0) is 31.0 Å². The van der Waals surface area contributed by atoms with Crippen molar-refractivity contribution in [3.63, 3.8) is 0 Å². The van der Waals surface area contributed by atoms with Gasteiger partial charge in [0.25, 0.3) is 0 Å². The number of hydrogen-bond acceptors (Lipinski definition) is 4. The van der Waals surface area contributed by atoms with Gasteiger partial charge in [0.1, 0.15) is 0 Å². The molecule has 1 aromatic heterocycles. The van der Waals surface area contributed by atoms with E-state index in [1.165, 1.54) is 11.8 Å². The Balaban J connectivity index is 1.78. The van der Waals surface area contributed by atoms with E-state index in [0.29, 0.717) is 11.7 Å². The molecule has 0 bridgehead atoms. The van der Waals surface area contributed by atoms with Crippen LogP contribution in [0.5, 0.6) is 0 Å². The van der Waals surface area contributed by atoms with Crippen molar-refractivity contribution in [3.8, 4) is 0 Å². The fourth-order valence-corrected chi connectivity index (χ4v) is 2.57. The van der Waals surface area contributed by atoms with Gasteiger partial charge in [-0.3, -0.25) is 9.59 Å². The molecule has 3 N–H and O–H groups in total. The summed E-state index contributed by atoms with van der Waals surface area (Å²) in [5, 5.41) is 6.00. The minimum atomic E-state index is -0.187. The van der Waals surface area contributed by atoms with E-state index in [2.05, 4.69) is 20.6 Å². The number of H-pyrrole nitrogens is 1. The Morgan fingerprint density at radius 2 is 2.09 bits per heavy atom. The van der Waals surface area contributed by atoms with Crippen LogP contribution in [0.2, 0.25) is 0 Å². The average Bonchev–Trinajstić information content (AvgIpc) is 2.90. The normalized spacial score (nSPS) is 10.6. The number of aryl methyl sites for hydroxylation is 1. The van der Waals surface area contributed by atoms with Gasteiger partial charge in [-0.15, -0.1) is 0 Å². The summed E-state index contributed by atoms with van der Waals surface area (Å²) in [6.07, 6.45) is 0.876. The molecule has 22 heavy (non-hydrogen) atoms. The highest BCUT2D eigenvalue weighted by molar-refractivity contribution is 7.99. The molecule has 0 aliphatic heterocycles. The van der Waals surface area contributed by atoms with Crippen LogP contribution >= 0.6 is 11.8 Å². The van der Waals surface area contributed by atoms with Crippen molar-refractivity contribution in [1.82, 2.24) is 20.6 Å². The minimum absolute atomic E-state index is 0.0126. The molecular formula is C15H20N4O2S. The molecule has 0 fully saturated rings. The van der Waals surface area contributed by atoms with E-state index in [1.807, 2.05) is 32.0 Å². The molecule has 0 aliphatic rings. The highest BCUT2D eigenvalue weighted by Crippen LogP contribution is 2.19. The zero-order valence-electron chi connectivity index (χ0n) is 12.7. The summed E-state index contributed by atoms with van der Waals surface area (Å²) in [6, 6.07) is 5.97. The number of aromatic amines is 1. The first kappa shape index (κ1) is 16.4. The van der Waals surface area contributed by atoms with Crippen molar-refractivity contribution in [2.75, 3.05) is 18.8 Å². The van der Waals surface area contributed by atoms with Gasteiger partial charge in [0.2, 0.25) is 11.8 Å². The first-order chi connectivity index (χ1) is 10.6. The summed E-state index contributed by atoms with van der Waals surface area (Å²) < 4.78 is 0. The molecule has 0 unspecified atom stereocenters. The van der Waals surface area contributed by atoms with Gasteiger partial charge in [0.05, 0.1) is 23.3 Å². The first-order valence-corrected chi connectivity index (χ1v) is 8.19. The van der Waals surface area contributed by atoms with Crippen molar-refractivity contribution in [1.29, 1.82) is 0 Å². The third kappa shape index (κ3) is 4.77. The molecule has 2 rings (SSSR count). The summed E-state index contributed by atoms with van der Waals surface area (Å²) in [6.45, 7) is 4.63. The number of nitrogens with zero attached hydrogens (tertiary/aromatic N) is 1. The van der Waals surface area contributed by atoms with Crippen LogP contribution in [-0.2, 0) is 9.59 Å². The van der Waals surface area contributed by atoms with Crippen molar-refractivity contribution in [2.24, 2.45) is 0 Å². The maximum absolute atomic E-state index is 11.7. The van der Waals surface area contributed by atoms with Crippen molar-refractivity contribution >= 4 is 34.6 Å². The van der Waals surface area contributed by atoms with Crippen LogP contribution in [0.4, 0.5) is 0 Å². The zero-order chi connectivity index (χ0) is 15.9. The van der Waals surface area contributed by atoms with E-state index in [-0.39, 0.29) is 24.1 Å². The van der Waals surface area contributed by atoms with Crippen molar-refractivity contribution in [3.05, 3.63) is 23.8 Å². The monoisotopic (exact) mass is 320 g/mol. The van der Waals surface area contributed by atoms with Crippen LogP contribution in [0.1, 0.15) is 18.9 Å². The molecule has 6 nitrogen and oxygen atoms in total. The lowest BCUT2D eigenvalue weighted by molar-refractivity contribution is -0.124. The van der Waals surface area contributed by atoms with Gasteiger partial charge < -0.3 is 15.6 Å². The Labute approximate surface area is 133 Å². The maximum Gasteiger partial charge on any atom is 0.239 e. The SMILES string of the molecule is CCCNC(=O)CNC(=O)CSc1nc2ccc(C)cc2[nH]1. The summed E-state index contributed by atoms with van der Waals surface area (Å²) in [5.74, 6) is -0.132. The van der Waals surface area contributed by atoms with Gasteiger partial charge >= 0.3 is 0 Å². The maximum atomic E-state index is 11.7. The van der Waals surface area contributed by atoms with E-state index in [0.717, 1.165) is 23.0 Å². The second kappa shape index (κ2) is 7.84. The number of amides is 2. The number of carbonyl (C=O) groups excluding carboxylic acids is 2. The zero-order valence-corrected chi connectivity index (χ0v) is 13.5. The molecule has 7 heteroatoms. The van der Waals surface area contributed by atoms with Gasteiger partial charge in [-0.1, -0.05) is 24.8 Å². The smallest absolute Gasteiger partial charge is 0.239 e. The topological polar surface area (TPSA) is 86.9 Å². The third-order valence-electron chi connectivity index (χ3n) is 2.97. The lowest BCUT2D eigenvalue weighted by Gasteiger charge is -2.05. The number of rotatable bonds is 7. The van der Waals surface area contributed by atoms with Crippen molar-refractivity contribution in [2.45, 2.75) is 25.4 Å². The Morgan fingerprint density at radius 3 is 2.86 bits per heavy atom. The van der Waals surface area contributed by atoms with Crippen LogP contribution in [-0.4, -0.2) is 40.6 Å². The Bertz CT molecular complexity index is 669. The van der Waals surface area contributed by atoms with Crippen LogP contribution in [0, 0.1) is 6.92 Å². The number of nitrogens with one attached hydrogen (secondary N) is 3. The molecule has 0 aliphatic carbocycles. The minimum Gasteiger partial charge on any atom is -0.355 e. The van der Waals surface area contributed by atoms with Gasteiger partial charge in [0.15, 0.2) is 5.16 Å². The van der Waals surface area contributed by atoms with Gasteiger partial charge in [-0.25, -0.2) is 4.98 Å². The van der Waals surface area contributed by atoms with E-state index in [9.17, 15) is 9.59 Å². The fraction of sp³-hybridized carbons (Fsp3) is 0.400. The Morgan fingerprint density at radius 1 is 1.27 bits per heavy atom. The second-order valence-corrected chi connectivity index (χ2v) is 5.94. The number of benzene rings is 1. The summed E-state index contributed by atoms with van der Waals surface area (Å²) >= 11 is 1.32. The number of carbonyl (C=O) groups is 2. The quantitative estimate of drug-likeness (QED) is 0.676. The van der Waals surface area contributed by atoms with Crippen LogP contribution < -0.4 is 10.6 Å². The Hall–Kier alpha value is -2.02. The van der Waals surface area contributed by atoms with Gasteiger partial charge in [-0.2, -0.15) is 0 Å². The van der Waals surface area contributed by atoms with Gasteiger partial charge in [0, 0.05) is 6.54 Å². The van der Waals surface area contributed by atoms with Crippen LogP contribution in [0.15, 0.2) is 23.4 Å². The summed E-state index contributed by atoms with van der Waals surface area (Å²) in [4.78, 5) is 30.7. The third-order valence-corrected chi connectivity index (χ3v) is 3.85. The second-order valence-electron chi connectivity index (χ2n) is 4.98. The van der Waals surface area contributed by atoms with E-state index in [4.69, 9.17) is 0 Å². The molecule has 118 valence electrons. The lowest BCUT2D eigenvalue weighted by Crippen LogP contribution is -2.37. The first-order valence-electron chi connectivity index (χ1n) is 7.21. The summed E-state index contributed by atoms with van der Waals surface area (Å²) in [5.41, 5.74) is 3.00. The van der Waals surface area contributed by atoms with Crippen LogP contribution in [0.25, 0.3) is 11.0 Å². The van der Waals surface area contributed by atoms with Crippen LogP contribution in [0.3, 0.4) is 0 Å². The number of hydrogen-bond donors (Lipinski definition) is 3. The number of aromatic nitrogens is 2. The molecule has 0 saturated heterocycles. The molecule has 2 amide bonds. The predicted molar refractivity (Wildman–Crippen MR) is 87.9 cm³/mol. The van der Waals surface area contributed by atoms with E-state index < -0.39 is 0 Å². The summed E-state index contributed by atoms with van der Waals surface area (Å²) in [7, 11) is 0. The molecule has 0 spiro atoms. The molecule has 0 atom stereocenters. The molecule has 1 heterocycles. The Kier molecular flexibility index (Phi) is 5.83. The highest BCUT2D eigenvalue weighted by Gasteiger charge is 2.08. The number of imidazole rings is 1. The molecular weight excluding hydrogens is 300 g/mol. The highest BCUT2D eigenvalue weighted by atomic mass is 32.2. The predicted octanol–water partition coefficient (Wildman–Crippen LogP) is 1.61. The van der Waals surface area contributed by atoms with E-state index in [1.54, 1.807) is 0 Å². The number of fused-ring (bicyclic) bond motifs is 1. The molecule has 0 saturated carbocycles. The standard InChI is InChI=1S/C15H20N4O2S/c1-3-6-16-13(20)8-17-14(21)9-22-15-18-11-5-4-10(2)7-12(11)19-15/h4-5,7H,3,6,8-9H2,1-2H3,(H,16,20)(H,17,21)(H,18,19). The largest absolute Gasteiger partial charge is 0.355 e. The molecule has 1 aromatic carbocycles. The molecule has 2 aromatic rings. The van der Waals surface area contributed by atoms with E-state index >= 15 is 0 Å².